The highest BCUT2D eigenvalue weighted by Gasteiger charge is 2.76. The van der Waals surface area contributed by atoms with Crippen LogP contribution in [0, 0.1) is 11.8 Å². The number of amides is 3. The third kappa shape index (κ3) is 5.19. The number of anilines is 1. The van der Waals surface area contributed by atoms with Crippen molar-refractivity contribution < 1.29 is 24.2 Å². The Morgan fingerprint density at radius 1 is 0.830 bits per heavy atom. The summed E-state index contributed by atoms with van der Waals surface area (Å²) in [5, 5.41) is 11.4. The van der Waals surface area contributed by atoms with Gasteiger partial charge in [-0.2, -0.15) is 0 Å². The first-order valence-electron chi connectivity index (χ1n) is 16.2. The third-order valence-corrected chi connectivity index (χ3v) is 10.5. The molecule has 4 aliphatic rings. The number of aliphatic hydroxyl groups is 1. The van der Waals surface area contributed by atoms with Crippen LogP contribution < -0.4 is 4.90 Å². The van der Waals surface area contributed by atoms with Gasteiger partial charge in [-0.15, -0.1) is 0 Å². The number of carbonyl (C=O) groups is 3. The molecule has 9 heteroatoms. The van der Waals surface area contributed by atoms with Crippen LogP contribution in [0.5, 0.6) is 0 Å². The molecule has 1 spiro atoms. The summed E-state index contributed by atoms with van der Waals surface area (Å²) in [4.78, 5) is 49.6. The summed E-state index contributed by atoms with van der Waals surface area (Å²) in [6.45, 7) is 2.60. The minimum absolute atomic E-state index is 0.181. The molecule has 7 rings (SSSR count). The number of hydrogen-bond acceptors (Lipinski definition) is 5. The summed E-state index contributed by atoms with van der Waals surface area (Å²) >= 11 is 6.19. The van der Waals surface area contributed by atoms with E-state index < -0.39 is 35.1 Å². The van der Waals surface area contributed by atoms with Crippen molar-refractivity contribution in [1.29, 1.82) is 0 Å². The van der Waals surface area contributed by atoms with E-state index in [0.717, 1.165) is 11.1 Å². The van der Waals surface area contributed by atoms with E-state index in [0.29, 0.717) is 36.6 Å². The number of rotatable bonds is 8. The van der Waals surface area contributed by atoms with E-state index in [1.807, 2.05) is 91.9 Å². The topological polar surface area (TPSA) is 90.4 Å². The normalized spacial score (nSPS) is 29.0. The predicted molar refractivity (Wildman–Crippen MR) is 179 cm³/mol. The van der Waals surface area contributed by atoms with E-state index >= 15 is 4.79 Å². The molecule has 4 heterocycles. The minimum atomic E-state index is -1.43. The molecule has 0 aliphatic carbocycles. The Kier molecular flexibility index (Phi) is 8.28. The quantitative estimate of drug-likeness (QED) is 0.354. The fourth-order valence-electron chi connectivity index (χ4n) is 8.08. The van der Waals surface area contributed by atoms with Crippen LogP contribution >= 0.6 is 11.6 Å². The van der Waals surface area contributed by atoms with Gasteiger partial charge in [0.25, 0.3) is 5.91 Å². The molecule has 0 bridgehead atoms. The van der Waals surface area contributed by atoms with E-state index in [-0.39, 0.29) is 30.9 Å². The first-order valence-corrected chi connectivity index (χ1v) is 16.6. The van der Waals surface area contributed by atoms with Crippen molar-refractivity contribution in [3.05, 3.63) is 125 Å². The Morgan fingerprint density at radius 3 is 2.15 bits per heavy atom. The molecule has 0 radical (unpaired) electrons. The van der Waals surface area contributed by atoms with Gasteiger partial charge in [0.05, 0.1) is 30.1 Å². The number of ether oxygens (including phenoxy) is 1. The number of aliphatic hydroxyl groups excluding tert-OH is 1. The number of likely N-dealkylation sites (tertiary alicyclic amines) is 1. The van der Waals surface area contributed by atoms with Crippen molar-refractivity contribution in [2.75, 3.05) is 24.6 Å². The van der Waals surface area contributed by atoms with Crippen LogP contribution in [-0.4, -0.2) is 75.6 Å². The van der Waals surface area contributed by atoms with Gasteiger partial charge < -0.3 is 24.5 Å². The fraction of sp³-hybridized carbons (Fsp3) is 0.342. The zero-order valence-electron chi connectivity index (χ0n) is 26.2. The van der Waals surface area contributed by atoms with Crippen molar-refractivity contribution in [2.24, 2.45) is 11.8 Å². The number of fused-ring (bicyclic) bond motifs is 2. The Hall–Kier alpha value is -4.24. The fourth-order valence-corrected chi connectivity index (χ4v) is 8.21. The number of nitrogens with zero attached hydrogens (tertiary/aromatic N) is 3. The highest BCUT2D eigenvalue weighted by molar-refractivity contribution is 6.30. The van der Waals surface area contributed by atoms with Gasteiger partial charge in [0.15, 0.2) is 0 Å². The standard InChI is InChI=1S/C38H38ClN3O5/c1-2-37-19-9-21-40(24-27-13-7-4-8-14-27)34(44)31(37)32-35(45)42(30(25-43)23-26-11-5-3-6-12-26)33-36(46)41(22-10-20-38(32,33)47-37)29-17-15-28(39)16-18-29/h3-20,30-33,43H,2,21-25H2,1H3/t30-,31-,32+,33?,37+,38+/m1/s1. The second kappa shape index (κ2) is 12.4. The lowest BCUT2D eigenvalue weighted by molar-refractivity contribution is -0.152. The van der Waals surface area contributed by atoms with Crippen LogP contribution in [-0.2, 0) is 32.1 Å². The highest BCUT2D eigenvalue weighted by Crippen LogP contribution is 2.59. The molecule has 47 heavy (non-hydrogen) atoms. The molecule has 8 nitrogen and oxygen atoms in total. The average molecular weight is 652 g/mol. The summed E-state index contributed by atoms with van der Waals surface area (Å²) in [5.74, 6) is -2.72. The molecule has 2 fully saturated rings. The Labute approximate surface area is 279 Å². The molecule has 3 aromatic rings. The maximum Gasteiger partial charge on any atom is 0.253 e. The van der Waals surface area contributed by atoms with Crippen molar-refractivity contribution in [3.8, 4) is 0 Å². The van der Waals surface area contributed by atoms with Gasteiger partial charge in [0.1, 0.15) is 11.6 Å². The molecule has 0 aromatic heterocycles. The largest absolute Gasteiger partial charge is 0.394 e. The summed E-state index contributed by atoms with van der Waals surface area (Å²) in [5.41, 5.74) is -0.00138. The average Bonchev–Trinajstić information content (AvgIpc) is 3.39. The predicted octanol–water partition coefficient (Wildman–Crippen LogP) is 4.81. The van der Waals surface area contributed by atoms with Gasteiger partial charge >= 0.3 is 0 Å². The third-order valence-electron chi connectivity index (χ3n) is 10.2. The molecular weight excluding hydrogens is 614 g/mol. The molecular formula is C38H38ClN3O5. The zero-order valence-corrected chi connectivity index (χ0v) is 27.0. The van der Waals surface area contributed by atoms with Crippen LogP contribution in [0.4, 0.5) is 5.69 Å². The second-order valence-corrected chi connectivity index (χ2v) is 13.3. The molecule has 3 amide bonds. The van der Waals surface area contributed by atoms with Crippen LogP contribution in [0.25, 0.3) is 0 Å². The smallest absolute Gasteiger partial charge is 0.253 e. The molecule has 3 aromatic carbocycles. The maximum absolute atomic E-state index is 15.0. The van der Waals surface area contributed by atoms with Gasteiger partial charge in [-0.25, -0.2) is 0 Å². The Balaban J connectivity index is 1.35. The van der Waals surface area contributed by atoms with Crippen molar-refractivity contribution >= 4 is 35.0 Å². The highest BCUT2D eigenvalue weighted by atomic mass is 35.5. The summed E-state index contributed by atoms with van der Waals surface area (Å²) in [7, 11) is 0. The summed E-state index contributed by atoms with van der Waals surface area (Å²) in [6.07, 6.45) is 8.38. The molecule has 4 aliphatic heterocycles. The molecule has 242 valence electrons. The number of carbonyl (C=O) groups excluding carboxylic acids is 3. The van der Waals surface area contributed by atoms with Crippen molar-refractivity contribution in [2.45, 2.75) is 49.6 Å². The van der Waals surface area contributed by atoms with Gasteiger partial charge in [-0.3, -0.25) is 14.4 Å². The van der Waals surface area contributed by atoms with Crippen molar-refractivity contribution in [1.82, 2.24) is 9.80 Å². The van der Waals surface area contributed by atoms with Crippen LogP contribution in [0.1, 0.15) is 24.5 Å². The first kappa shape index (κ1) is 31.4. The van der Waals surface area contributed by atoms with Crippen molar-refractivity contribution in [3.63, 3.8) is 0 Å². The summed E-state index contributed by atoms with van der Waals surface area (Å²) in [6, 6.07) is 24.5. The van der Waals surface area contributed by atoms with Crippen LogP contribution in [0.3, 0.4) is 0 Å². The van der Waals surface area contributed by atoms with Crippen LogP contribution in [0.15, 0.2) is 109 Å². The SMILES string of the molecule is CC[C@]12C=CCN(Cc3ccccc3)C(=O)[C@H]1[C@H]1C(=O)N([C@@H](CO)Cc3ccccc3)C3C(=O)N(c4ccc(Cl)cc4)CC=C[C@@]31O2. The lowest BCUT2D eigenvalue weighted by atomic mass is 9.73. The van der Waals surface area contributed by atoms with Gasteiger partial charge in [0, 0.05) is 30.3 Å². The number of benzene rings is 3. The summed E-state index contributed by atoms with van der Waals surface area (Å²) < 4.78 is 7.13. The van der Waals surface area contributed by atoms with E-state index in [1.165, 1.54) is 4.90 Å². The molecule has 2 saturated heterocycles. The van der Waals surface area contributed by atoms with E-state index in [2.05, 4.69) is 0 Å². The number of halogens is 1. The first-order chi connectivity index (χ1) is 22.8. The Bertz CT molecular complexity index is 1710. The second-order valence-electron chi connectivity index (χ2n) is 12.8. The minimum Gasteiger partial charge on any atom is -0.394 e. The van der Waals surface area contributed by atoms with Gasteiger partial charge in [-0.1, -0.05) is 103 Å². The maximum atomic E-state index is 15.0. The lowest BCUT2D eigenvalue weighted by Gasteiger charge is -2.41. The molecule has 1 unspecified atom stereocenters. The monoisotopic (exact) mass is 651 g/mol. The molecule has 1 N–H and O–H groups in total. The molecule has 6 atom stereocenters. The van der Waals surface area contributed by atoms with E-state index in [1.54, 1.807) is 34.1 Å². The van der Waals surface area contributed by atoms with Gasteiger partial charge in [-0.05, 0) is 48.2 Å². The zero-order chi connectivity index (χ0) is 32.8. The van der Waals surface area contributed by atoms with E-state index in [4.69, 9.17) is 16.3 Å². The molecule has 0 saturated carbocycles. The van der Waals surface area contributed by atoms with E-state index in [9.17, 15) is 14.7 Å². The number of hydrogen-bond donors (Lipinski definition) is 1. The van der Waals surface area contributed by atoms with Gasteiger partial charge in [0.2, 0.25) is 11.8 Å². The Morgan fingerprint density at radius 2 is 1.49 bits per heavy atom. The van der Waals surface area contributed by atoms with Crippen LogP contribution in [0.2, 0.25) is 5.02 Å². The lowest BCUT2D eigenvalue weighted by Crippen LogP contribution is -2.59.